The van der Waals surface area contributed by atoms with Gasteiger partial charge >= 0.3 is 0 Å². The van der Waals surface area contributed by atoms with Gasteiger partial charge in [0.05, 0.1) is 6.61 Å². The summed E-state index contributed by atoms with van der Waals surface area (Å²) in [5.74, 6) is 0.245. The van der Waals surface area contributed by atoms with Gasteiger partial charge in [0.25, 0.3) is 0 Å². The van der Waals surface area contributed by atoms with E-state index in [-0.39, 0.29) is 18.6 Å². The van der Waals surface area contributed by atoms with Crippen LogP contribution in [-0.2, 0) is 0 Å². The monoisotopic (exact) mass is 241 g/mol. The Morgan fingerprint density at radius 1 is 0.833 bits per heavy atom. The van der Waals surface area contributed by atoms with Crippen LogP contribution in [0.5, 0.6) is 0 Å². The molecular formula is C16H19NO. The predicted octanol–water partition coefficient (Wildman–Crippen LogP) is 2.53. The molecule has 0 spiro atoms. The second kappa shape index (κ2) is 6.34. The number of rotatable bonds is 5. The minimum absolute atomic E-state index is 0.0240. The van der Waals surface area contributed by atoms with Gasteiger partial charge in [0.2, 0.25) is 0 Å². The van der Waals surface area contributed by atoms with E-state index in [2.05, 4.69) is 24.3 Å². The topological polar surface area (TPSA) is 46.2 Å². The first kappa shape index (κ1) is 12.8. The molecule has 0 saturated heterocycles. The third-order valence-corrected chi connectivity index (χ3v) is 3.18. The smallest absolute Gasteiger partial charge is 0.0582 e. The molecule has 1 atom stereocenters. The van der Waals surface area contributed by atoms with Crippen molar-refractivity contribution < 1.29 is 5.11 Å². The van der Waals surface area contributed by atoms with Crippen LogP contribution in [0.3, 0.4) is 0 Å². The van der Waals surface area contributed by atoms with Gasteiger partial charge in [-0.2, -0.15) is 0 Å². The fourth-order valence-electron chi connectivity index (χ4n) is 2.21. The second-order valence-electron chi connectivity index (χ2n) is 4.55. The summed E-state index contributed by atoms with van der Waals surface area (Å²) in [6.45, 7) is 0.0240. The van der Waals surface area contributed by atoms with Crippen molar-refractivity contribution in [3.05, 3.63) is 71.8 Å². The van der Waals surface area contributed by atoms with Crippen molar-refractivity contribution in [2.45, 2.75) is 18.4 Å². The maximum atomic E-state index is 9.15. The van der Waals surface area contributed by atoms with E-state index in [4.69, 9.17) is 10.8 Å². The molecule has 2 aromatic carbocycles. The van der Waals surface area contributed by atoms with Gasteiger partial charge in [0, 0.05) is 12.0 Å². The number of nitrogens with two attached hydrogens (primary N) is 1. The molecule has 2 rings (SSSR count). The van der Waals surface area contributed by atoms with Gasteiger partial charge in [0.15, 0.2) is 0 Å². The summed E-state index contributed by atoms with van der Waals surface area (Å²) in [5.41, 5.74) is 8.38. The van der Waals surface area contributed by atoms with E-state index >= 15 is 0 Å². The van der Waals surface area contributed by atoms with Crippen molar-refractivity contribution in [1.82, 2.24) is 0 Å². The zero-order chi connectivity index (χ0) is 12.8. The second-order valence-corrected chi connectivity index (χ2v) is 4.55. The van der Waals surface area contributed by atoms with E-state index in [1.54, 1.807) is 0 Å². The summed E-state index contributed by atoms with van der Waals surface area (Å²) >= 11 is 0. The lowest BCUT2D eigenvalue weighted by molar-refractivity contribution is 0.257. The Labute approximate surface area is 108 Å². The Morgan fingerprint density at radius 3 is 1.67 bits per heavy atom. The molecule has 0 saturated carbocycles. The SMILES string of the molecule is NC(CO)CC(c1ccccc1)c1ccccc1. The molecule has 0 aliphatic heterocycles. The first-order valence-corrected chi connectivity index (χ1v) is 6.27. The highest BCUT2D eigenvalue weighted by Gasteiger charge is 2.16. The maximum absolute atomic E-state index is 9.15. The average Bonchev–Trinajstić information content (AvgIpc) is 2.46. The Kier molecular flexibility index (Phi) is 4.51. The Morgan fingerprint density at radius 2 is 1.28 bits per heavy atom. The normalized spacial score (nSPS) is 12.6. The molecule has 0 aromatic heterocycles. The lowest BCUT2D eigenvalue weighted by Crippen LogP contribution is -2.27. The van der Waals surface area contributed by atoms with Gasteiger partial charge in [-0.05, 0) is 17.5 Å². The molecule has 2 nitrogen and oxygen atoms in total. The van der Waals surface area contributed by atoms with Gasteiger partial charge in [-0.25, -0.2) is 0 Å². The lowest BCUT2D eigenvalue weighted by Gasteiger charge is -2.21. The van der Waals surface area contributed by atoms with Crippen molar-refractivity contribution >= 4 is 0 Å². The zero-order valence-corrected chi connectivity index (χ0v) is 10.4. The highest BCUT2D eigenvalue weighted by Crippen LogP contribution is 2.28. The minimum atomic E-state index is -0.185. The van der Waals surface area contributed by atoms with Crippen LogP contribution in [-0.4, -0.2) is 17.8 Å². The third-order valence-electron chi connectivity index (χ3n) is 3.18. The molecule has 2 heteroatoms. The van der Waals surface area contributed by atoms with E-state index in [0.717, 1.165) is 6.42 Å². The van der Waals surface area contributed by atoms with Gasteiger partial charge in [-0.1, -0.05) is 60.7 Å². The van der Waals surface area contributed by atoms with Crippen LogP contribution in [0, 0.1) is 0 Å². The molecular weight excluding hydrogens is 222 g/mol. The molecule has 0 amide bonds. The summed E-state index contributed by atoms with van der Waals surface area (Å²) in [4.78, 5) is 0. The number of benzene rings is 2. The van der Waals surface area contributed by atoms with Gasteiger partial charge in [-0.15, -0.1) is 0 Å². The lowest BCUT2D eigenvalue weighted by atomic mass is 9.86. The Balaban J connectivity index is 2.29. The van der Waals surface area contributed by atoms with Crippen LogP contribution >= 0.6 is 0 Å². The summed E-state index contributed by atoms with van der Waals surface area (Å²) in [7, 11) is 0. The molecule has 0 fully saturated rings. The average molecular weight is 241 g/mol. The summed E-state index contributed by atoms with van der Waals surface area (Å²) < 4.78 is 0. The van der Waals surface area contributed by atoms with E-state index in [0.29, 0.717) is 0 Å². The fraction of sp³-hybridized carbons (Fsp3) is 0.250. The molecule has 0 aliphatic carbocycles. The standard InChI is InChI=1S/C16H19NO/c17-15(12-18)11-16(13-7-3-1-4-8-13)14-9-5-2-6-10-14/h1-10,15-16,18H,11-12,17H2. The summed E-state index contributed by atoms with van der Waals surface area (Å²) in [5, 5.41) is 9.15. The molecule has 0 radical (unpaired) electrons. The van der Waals surface area contributed by atoms with Crippen molar-refractivity contribution in [3.63, 3.8) is 0 Å². The van der Waals surface area contributed by atoms with E-state index in [1.165, 1.54) is 11.1 Å². The van der Waals surface area contributed by atoms with Crippen LogP contribution < -0.4 is 5.73 Å². The quantitative estimate of drug-likeness (QED) is 0.845. The first-order chi connectivity index (χ1) is 8.81. The van der Waals surface area contributed by atoms with E-state index in [1.807, 2.05) is 36.4 Å². The fourth-order valence-corrected chi connectivity index (χ4v) is 2.21. The number of aliphatic hydroxyl groups excluding tert-OH is 1. The number of aliphatic hydroxyl groups is 1. The van der Waals surface area contributed by atoms with Crippen LogP contribution in [0.2, 0.25) is 0 Å². The van der Waals surface area contributed by atoms with Gasteiger partial charge in [0.1, 0.15) is 0 Å². The summed E-state index contributed by atoms with van der Waals surface area (Å²) in [6.07, 6.45) is 0.754. The largest absolute Gasteiger partial charge is 0.395 e. The van der Waals surface area contributed by atoms with Crippen LogP contribution in [0.4, 0.5) is 0 Å². The molecule has 0 heterocycles. The summed E-state index contributed by atoms with van der Waals surface area (Å²) in [6, 6.07) is 20.4. The maximum Gasteiger partial charge on any atom is 0.0582 e. The van der Waals surface area contributed by atoms with Crippen molar-refractivity contribution in [2.75, 3.05) is 6.61 Å². The number of hydrogen-bond donors (Lipinski definition) is 2. The van der Waals surface area contributed by atoms with Gasteiger partial charge in [-0.3, -0.25) is 0 Å². The molecule has 1 unspecified atom stereocenters. The van der Waals surface area contributed by atoms with Crippen LogP contribution in [0.1, 0.15) is 23.5 Å². The highest BCUT2D eigenvalue weighted by atomic mass is 16.3. The first-order valence-electron chi connectivity index (χ1n) is 6.27. The van der Waals surface area contributed by atoms with Crippen molar-refractivity contribution in [2.24, 2.45) is 5.73 Å². The molecule has 0 bridgehead atoms. The predicted molar refractivity (Wildman–Crippen MR) is 74.4 cm³/mol. The minimum Gasteiger partial charge on any atom is -0.395 e. The van der Waals surface area contributed by atoms with Crippen molar-refractivity contribution in [1.29, 1.82) is 0 Å². The van der Waals surface area contributed by atoms with Crippen LogP contribution in [0.25, 0.3) is 0 Å². The molecule has 94 valence electrons. The van der Waals surface area contributed by atoms with Crippen LogP contribution in [0.15, 0.2) is 60.7 Å². The van der Waals surface area contributed by atoms with Crippen molar-refractivity contribution in [3.8, 4) is 0 Å². The molecule has 18 heavy (non-hydrogen) atoms. The molecule has 3 N–H and O–H groups in total. The highest BCUT2D eigenvalue weighted by molar-refractivity contribution is 5.32. The molecule has 2 aromatic rings. The van der Waals surface area contributed by atoms with Gasteiger partial charge < -0.3 is 10.8 Å². The Bertz CT molecular complexity index is 416. The molecule has 0 aliphatic rings. The Hall–Kier alpha value is -1.64. The third kappa shape index (κ3) is 3.19. The zero-order valence-electron chi connectivity index (χ0n) is 10.4. The van der Waals surface area contributed by atoms with E-state index in [9.17, 15) is 0 Å². The number of hydrogen-bond acceptors (Lipinski definition) is 2. The van der Waals surface area contributed by atoms with E-state index < -0.39 is 0 Å².